The van der Waals surface area contributed by atoms with Crippen molar-refractivity contribution in [2.24, 2.45) is 17.6 Å². The molecule has 1 aliphatic rings. The molecule has 1 aromatic carbocycles. The molecule has 0 bridgehead atoms. The highest BCUT2D eigenvalue weighted by molar-refractivity contribution is 5.90. The van der Waals surface area contributed by atoms with Crippen molar-refractivity contribution in [1.29, 1.82) is 0 Å². The van der Waals surface area contributed by atoms with Gasteiger partial charge < -0.3 is 15.7 Å². The molecule has 4 N–H and O–H groups in total. The molecule has 0 spiro atoms. The van der Waals surface area contributed by atoms with Crippen LogP contribution in [-0.4, -0.2) is 58.9 Å². The fourth-order valence-corrected chi connectivity index (χ4v) is 5.25. The van der Waals surface area contributed by atoms with Gasteiger partial charge in [-0.1, -0.05) is 78.4 Å². The third-order valence-corrected chi connectivity index (χ3v) is 7.43. The minimum absolute atomic E-state index is 0.138. The summed E-state index contributed by atoms with van der Waals surface area (Å²) in [6.45, 7) is 14.7. The molecule has 0 radical (unpaired) electrons. The SMILES string of the molecule is CCCCC(CC)CN1CN(CC(CC)CCCC)C(NOc2ccccc2C(=O)O)C(C)(N)C1. The highest BCUT2D eigenvalue weighted by Crippen LogP contribution is 2.27. The van der Waals surface area contributed by atoms with E-state index < -0.39 is 11.5 Å². The van der Waals surface area contributed by atoms with Crippen molar-refractivity contribution in [2.45, 2.75) is 97.7 Å². The molecule has 0 aromatic heterocycles. The van der Waals surface area contributed by atoms with Crippen molar-refractivity contribution in [3.05, 3.63) is 29.8 Å². The number of hydrogen-bond donors (Lipinski definition) is 3. The van der Waals surface area contributed by atoms with Crippen LogP contribution >= 0.6 is 0 Å². The molecule has 0 aliphatic carbocycles. The van der Waals surface area contributed by atoms with Gasteiger partial charge in [-0.15, -0.1) is 5.48 Å². The highest BCUT2D eigenvalue weighted by atomic mass is 16.7. The Labute approximate surface area is 213 Å². The quantitative estimate of drug-likeness (QED) is 0.270. The first-order chi connectivity index (χ1) is 16.7. The lowest BCUT2D eigenvalue weighted by Crippen LogP contribution is -2.73. The predicted molar refractivity (Wildman–Crippen MR) is 143 cm³/mol. The molecular formula is C28H50N4O3. The van der Waals surface area contributed by atoms with Crippen molar-refractivity contribution in [2.75, 3.05) is 26.3 Å². The molecule has 4 unspecified atom stereocenters. The van der Waals surface area contributed by atoms with Crippen LogP contribution in [0.15, 0.2) is 24.3 Å². The largest absolute Gasteiger partial charge is 0.478 e. The summed E-state index contributed by atoms with van der Waals surface area (Å²) in [7, 11) is 0. The van der Waals surface area contributed by atoms with Crippen LogP contribution in [0.3, 0.4) is 0 Å². The standard InChI is InChI=1S/C28H50N4O3/c1-6-10-14-22(8-3)18-31-20-28(5,29)27(32(21-31)19-23(9-4)15-11-7-2)30-35-25-17-13-12-16-24(25)26(33)34/h12-13,16-17,22-23,27,30H,6-11,14-15,18-21,29H2,1-5H3,(H,33,34). The number of rotatable bonds is 16. The van der Waals surface area contributed by atoms with Crippen LogP contribution < -0.4 is 16.1 Å². The summed E-state index contributed by atoms with van der Waals surface area (Å²) in [6.07, 6.45) is 9.47. The van der Waals surface area contributed by atoms with Gasteiger partial charge in [-0.05, 0) is 43.7 Å². The fraction of sp³-hybridized carbons (Fsp3) is 0.750. The third kappa shape index (κ3) is 9.05. The number of nitrogens with zero attached hydrogens (tertiary/aromatic N) is 2. The summed E-state index contributed by atoms with van der Waals surface area (Å²) in [5.74, 6) is 0.566. The Morgan fingerprint density at radius 2 is 1.71 bits per heavy atom. The van der Waals surface area contributed by atoms with Gasteiger partial charge in [-0.3, -0.25) is 9.80 Å². The number of aromatic carboxylic acids is 1. The van der Waals surface area contributed by atoms with Gasteiger partial charge in [0.15, 0.2) is 5.75 Å². The van der Waals surface area contributed by atoms with E-state index in [2.05, 4.69) is 49.9 Å². The van der Waals surface area contributed by atoms with Gasteiger partial charge in [0.25, 0.3) is 0 Å². The smallest absolute Gasteiger partial charge is 0.339 e. The van der Waals surface area contributed by atoms with Gasteiger partial charge in [-0.2, -0.15) is 0 Å². The van der Waals surface area contributed by atoms with E-state index >= 15 is 0 Å². The van der Waals surface area contributed by atoms with Crippen LogP contribution in [0.4, 0.5) is 0 Å². The molecule has 0 amide bonds. The molecule has 35 heavy (non-hydrogen) atoms. The Bertz CT molecular complexity index is 757. The van der Waals surface area contributed by atoms with E-state index in [0.29, 0.717) is 17.6 Å². The number of benzene rings is 1. The van der Waals surface area contributed by atoms with Gasteiger partial charge in [0.1, 0.15) is 11.7 Å². The minimum Gasteiger partial charge on any atom is -0.478 e. The lowest BCUT2D eigenvalue weighted by atomic mass is 9.91. The summed E-state index contributed by atoms with van der Waals surface area (Å²) in [5, 5.41) is 9.54. The average molecular weight is 491 g/mol. The minimum atomic E-state index is -1.01. The van der Waals surface area contributed by atoms with Gasteiger partial charge in [-0.25, -0.2) is 4.79 Å². The summed E-state index contributed by atoms with van der Waals surface area (Å²) >= 11 is 0. The zero-order chi connectivity index (χ0) is 25.8. The molecule has 1 aromatic rings. The summed E-state index contributed by atoms with van der Waals surface area (Å²) < 4.78 is 0. The number of nitrogens with two attached hydrogens (primary N) is 1. The van der Waals surface area contributed by atoms with Crippen molar-refractivity contribution in [1.82, 2.24) is 15.3 Å². The number of unbranched alkanes of at least 4 members (excludes halogenated alkanes) is 2. The Balaban J connectivity index is 2.22. The van der Waals surface area contributed by atoms with Crippen molar-refractivity contribution < 1.29 is 14.7 Å². The number of carboxylic acid groups (broad SMARTS) is 1. The second-order valence-electron chi connectivity index (χ2n) is 10.7. The fourth-order valence-electron chi connectivity index (χ4n) is 5.25. The van der Waals surface area contributed by atoms with Crippen molar-refractivity contribution >= 4 is 5.97 Å². The normalized spacial score (nSPS) is 23.2. The maximum Gasteiger partial charge on any atom is 0.339 e. The van der Waals surface area contributed by atoms with Crippen LogP contribution in [0.2, 0.25) is 0 Å². The first-order valence-corrected chi connectivity index (χ1v) is 13.8. The van der Waals surface area contributed by atoms with Gasteiger partial charge >= 0.3 is 5.97 Å². The van der Waals surface area contributed by atoms with Crippen LogP contribution in [0, 0.1) is 11.8 Å². The van der Waals surface area contributed by atoms with E-state index in [0.717, 1.165) is 32.7 Å². The molecule has 2 rings (SSSR count). The molecule has 1 saturated heterocycles. The Morgan fingerprint density at radius 1 is 1.11 bits per heavy atom. The van der Waals surface area contributed by atoms with Gasteiger partial charge in [0, 0.05) is 19.6 Å². The third-order valence-electron chi connectivity index (χ3n) is 7.43. The number of hydroxylamine groups is 1. The Hall–Kier alpha value is -1.67. The summed E-state index contributed by atoms with van der Waals surface area (Å²) in [5.41, 5.74) is 9.72. The highest BCUT2D eigenvalue weighted by Gasteiger charge is 2.43. The first kappa shape index (κ1) is 29.6. The summed E-state index contributed by atoms with van der Waals surface area (Å²) in [4.78, 5) is 22.5. The van der Waals surface area contributed by atoms with Crippen LogP contribution in [0.1, 0.15) is 96.3 Å². The zero-order valence-electron chi connectivity index (χ0n) is 22.8. The molecule has 0 saturated carbocycles. The number of para-hydroxylation sites is 1. The molecule has 1 fully saturated rings. The molecule has 4 atom stereocenters. The average Bonchev–Trinajstić information content (AvgIpc) is 2.83. The van der Waals surface area contributed by atoms with Gasteiger partial charge in [0.2, 0.25) is 0 Å². The molecule has 7 heteroatoms. The Morgan fingerprint density at radius 3 is 2.29 bits per heavy atom. The maximum absolute atomic E-state index is 11.6. The maximum atomic E-state index is 11.6. The number of carboxylic acids is 1. The molecule has 200 valence electrons. The topological polar surface area (TPSA) is 91.1 Å². The zero-order valence-corrected chi connectivity index (χ0v) is 22.8. The number of nitrogens with one attached hydrogen (secondary N) is 1. The first-order valence-electron chi connectivity index (χ1n) is 13.8. The number of hydrogen-bond acceptors (Lipinski definition) is 6. The lowest BCUT2D eigenvalue weighted by Gasteiger charge is -2.51. The van der Waals surface area contributed by atoms with E-state index in [4.69, 9.17) is 10.6 Å². The van der Waals surface area contributed by atoms with E-state index in [1.165, 1.54) is 44.9 Å². The van der Waals surface area contributed by atoms with Crippen LogP contribution in [0.5, 0.6) is 5.75 Å². The monoisotopic (exact) mass is 490 g/mol. The van der Waals surface area contributed by atoms with E-state index in [1.807, 2.05) is 0 Å². The van der Waals surface area contributed by atoms with E-state index in [1.54, 1.807) is 24.3 Å². The predicted octanol–water partition coefficient (Wildman–Crippen LogP) is 5.32. The summed E-state index contributed by atoms with van der Waals surface area (Å²) in [6, 6.07) is 6.72. The second-order valence-corrected chi connectivity index (χ2v) is 10.7. The molecule has 1 heterocycles. The molecular weight excluding hydrogens is 440 g/mol. The van der Waals surface area contributed by atoms with Crippen molar-refractivity contribution in [3.8, 4) is 5.75 Å². The Kier molecular flexibility index (Phi) is 12.5. The van der Waals surface area contributed by atoms with E-state index in [9.17, 15) is 9.90 Å². The van der Waals surface area contributed by atoms with Gasteiger partial charge in [0.05, 0.1) is 12.2 Å². The number of carbonyl (C=O) groups is 1. The second kappa shape index (κ2) is 14.8. The van der Waals surface area contributed by atoms with Crippen LogP contribution in [0.25, 0.3) is 0 Å². The molecule has 1 aliphatic heterocycles. The molecule has 7 nitrogen and oxygen atoms in total. The van der Waals surface area contributed by atoms with Crippen LogP contribution in [-0.2, 0) is 0 Å². The van der Waals surface area contributed by atoms with E-state index in [-0.39, 0.29) is 11.7 Å². The lowest BCUT2D eigenvalue weighted by molar-refractivity contribution is -0.0795. The van der Waals surface area contributed by atoms with Crippen molar-refractivity contribution in [3.63, 3.8) is 0 Å².